The summed E-state index contributed by atoms with van der Waals surface area (Å²) in [6, 6.07) is 0.866. The topological polar surface area (TPSA) is 32.5 Å². The van der Waals surface area contributed by atoms with Crippen LogP contribution < -0.4 is 5.73 Å². The fourth-order valence-electron chi connectivity index (χ4n) is 4.19. The predicted molar refractivity (Wildman–Crippen MR) is 75.6 cm³/mol. The summed E-state index contributed by atoms with van der Waals surface area (Å²) in [5, 5.41) is 0. The molecule has 0 aromatic rings. The first-order valence-electron chi connectivity index (χ1n) is 7.88. The van der Waals surface area contributed by atoms with Gasteiger partial charge in [-0.05, 0) is 77.5 Å². The van der Waals surface area contributed by atoms with Crippen LogP contribution in [-0.2, 0) is 0 Å². The van der Waals surface area contributed by atoms with E-state index in [2.05, 4.69) is 16.8 Å². The Morgan fingerprint density at radius 2 is 2.00 bits per heavy atom. The van der Waals surface area contributed by atoms with Crippen molar-refractivity contribution in [3.8, 4) is 0 Å². The third-order valence-electron chi connectivity index (χ3n) is 5.71. The van der Waals surface area contributed by atoms with E-state index in [0.717, 1.165) is 12.0 Å². The average molecular weight is 251 g/mol. The van der Waals surface area contributed by atoms with Crippen LogP contribution in [0.4, 0.5) is 0 Å². The highest BCUT2D eigenvalue weighted by Gasteiger charge is 2.36. The number of piperidine rings is 2. The molecule has 2 N–H and O–H groups in total. The molecular weight excluding hydrogens is 222 g/mol. The van der Waals surface area contributed by atoms with Crippen LogP contribution in [0.2, 0.25) is 0 Å². The van der Waals surface area contributed by atoms with Crippen LogP contribution in [0.1, 0.15) is 44.9 Å². The fourth-order valence-corrected chi connectivity index (χ4v) is 4.19. The normalized spacial score (nSPS) is 37.0. The zero-order valence-electron chi connectivity index (χ0n) is 11.9. The smallest absolute Gasteiger partial charge is 0.0166 e. The summed E-state index contributed by atoms with van der Waals surface area (Å²) in [6.45, 7) is 5.17. The lowest BCUT2D eigenvalue weighted by molar-refractivity contribution is 0.0332. The maximum Gasteiger partial charge on any atom is 0.0166 e. The minimum Gasteiger partial charge on any atom is -0.325 e. The van der Waals surface area contributed by atoms with Gasteiger partial charge in [-0.2, -0.15) is 0 Å². The molecule has 3 heteroatoms. The Balaban J connectivity index is 1.48. The van der Waals surface area contributed by atoms with Gasteiger partial charge < -0.3 is 15.5 Å². The Bertz CT molecular complexity index is 287. The SMILES string of the molecule is CN1CCCC2CN(CCC3(N)CCC3)CCC21. The van der Waals surface area contributed by atoms with Gasteiger partial charge in [0, 0.05) is 18.1 Å². The Morgan fingerprint density at radius 1 is 1.17 bits per heavy atom. The molecule has 1 aliphatic carbocycles. The van der Waals surface area contributed by atoms with Crippen molar-refractivity contribution < 1.29 is 0 Å². The Kier molecular flexibility index (Phi) is 3.65. The van der Waals surface area contributed by atoms with E-state index in [1.54, 1.807) is 0 Å². The van der Waals surface area contributed by atoms with Gasteiger partial charge in [-0.1, -0.05) is 0 Å². The molecule has 0 radical (unpaired) electrons. The van der Waals surface area contributed by atoms with Crippen molar-refractivity contribution >= 4 is 0 Å². The van der Waals surface area contributed by atoms with E-state index in [1.165, 1.54) is 71.1 Å². The molecule has 2 aliphatic heterocycles. The molecule has 0 bridgehead atoms. The van der Waals surface area contributed by atoms with Gasteiger partial charge in [-0.25, -0.2) is 0 Å². The van der Waals surface area contributed by atoms with Crippen LogP contribution in [-0.4, -0.2) is 54.6 Å². The van der Waals surface area contributed by atoms with Crippen molar-refractivity contribution in [1.82, 2.24) is 9.80 Å². The zero-order chi connectivity index (χ0) is 12.6. The van der Waals surface area contributed by atoms with E-state index >= 15 is 0 Å². The quantitative estimate of drug-likeness (QED) is 0.828. The van der Waals surface area contributed by atoms with Crippen molar-refractivity contribution in [2.24, 2.45) is 11.7 Å². The third kappa shape index (κ3) is 2.59. The molecule has 18 heavy (non-hydrogen) atoms. The lowest BCUT2D eigenvalue weighted by Crippen LogP contribution is -2.54. The molecule has 3 fully saturated rings. The second-order valence-corrected chi connectivity index (χ2v) is 7.01. The van der Waals surface area contributed by atoms with E-state index in [9.17, 15) is 0 Å². The Hall–Kier alpha value is -0.120. The van der Waals surface area contributed by atoms with Gasteiger partial charge in [0.1, 0.15) is 0 Å². The molecule has 2 heterocycles. The molecule has 1 saturated carbocycles. The number of hydrogen-bond acceptors (Lipinski definition) is 3. The van der Waals surface area contributed by atoms with Crippen molar-refractivity contribution in [2.75, 3.05) is 33.2 Å². The number of hydrogen-bond donors (Lipinski definition) is 1. The molecular formula is C15H29N3. The Morgan fingerprint density at radius 3 is 2.72 bits per heavy atom. The van der Waals surface area contributed by atoms with Gasteiger partial charge in [0.2, 0.25) is 0 Å². The van der Waals surface area contributed by atoms with Crippen LogP contribution in [0.15, 0.2) is 0 Å². The molecule has 0 aromatic heterocycles. The molecule has 104 valence electrons. The molecule has 3 rings (SSSR count). The van der Waals surface area contributed by atoms with Gasteiger partial charge >= 0.3 is 0 Å². The second-order valence-electron chi connectivity index (χ2n) is 7.01. The largest absolute Gasteiger partial charge is 0.325 e. The summed E-state index contributed by atoms with van der Waals surface area (Å²) in [6.07, 6.45) is 9.31. The molecule has 0 aromatic carbocycles. The van der Waals surface area contributed by atoms with Gasteiger partial charge in [0.25, 0.3) is 0 Å². The van der Waals surface area contributed by atoms with Gasteiger partial charge in [0.15, 0.2) is 0 Å². The monoisotopic (exact) mass is 251 g/mol. The van der Waals surface area contributed by atoms with Gasteiger partial charge in [-0.15, -0.1) is 0 Å². The minimum absolute atomic E-state index is 0.209. The van der Waals surface area contributed by atoms with Crippen molar-refractivity contribution in [2.45, 2.75) is 56.5 Å². The average Bonchev–Trinajstić information content (AvgIpc) is 2.34. The highest BCUT2D eigenvalue weighted by Crippen LogP contribution is 2.34. The highest BCUT2D eigenvalue weighted by atomic mass is 15.2. The van der Waals surface area contributed by atoms with Crippen molar-refractivity contribution in [3.63, 3.8) is 0 Å². The molecule has 3 nitrogen and oxygen atoms in total. The summed E-state index contributed by atoms with van der Waals surface area (Å²) in [5.41, 5.74) is 6.55. The number of nitrogens with zero attached hydrogens (tertiary/aromatic N) is 2. The maximum absolute atomic E-state index is 6.34. The first-order valence-corrected chi connectivity index (χ1v) is 7.88. The molecule has 2 atom stereocenters. The summed E-state index contributed by atoms with van der Waals surface area (Å²) in [4.78, 5) is 5.29. The van der Waals surface area contributed by atoms with E-state index in [-0.39, 0.29) is 5.54 Å². The molecule has 3 aliphatic rings. The van der Waals surface area contributed by atoms with E-state index in [0.29, 0.717) is 0 Å². The second kappa shape index (κ2) is 5.10. The van der Waals surface area contributed by atoms with Gasteiger partial charge in [0.05, 0.1) is 0 Å². The zero-order valence-corrected chi connectivity index (χ0v) is 11.9. The fraction of sp³-hybridized carbons (Fsp3) is 1.00. The van der Waals surface area contributed by atoms with E-state index in [4.69, 9.17) is 5.73 Å². The molecule has 2 saturated heterocycles. The van der Waals surface area contributed by atoms with Gasteiger partial charge in [-0.3, -0.25) is 0 Å². The summed E-state index contributed by atoms with van der Waals surface area (Å²) < 4.78 is 0. The van der Waals surface area contributed by atoms with Crippen LogP contribution in [0.25, 0.3) is 0 Å². The first-order chi connectivity index (χ1) is 8.66. The third-order valence-corrected chi connectivity index (χ3v) is 5.71. The summed E-state index contributed by atoms with van der Waals surface area (Å²) >= 11 is 0. The highest BCUT2D eigenvalue weighted by molar-refractivity contribution is 4.94. The number of likely N-dealkylation sites (tertiary alicyclic amines) is 2. The molecule has 2 unspecified atom stereocenters. The number of fused-ring (bicyclic) bond motifs is 1. The van der Waals surface area contributed by atoms with Crippen molar-refractivity contribution in [3.05, 3.63) is 0 Å². The van der Waals surface area contributed by atoms with E-state index in [1.807, 2.05) is 0 Å². The van der Waals surface area contributed by atoms with Crippen LogP contribution >= 0.6 is 0 Å². The predicted octanol–water partition coefficient (Wildman–Crippen LogP) is 1.67. The lowest BCUT2D eigenvalue weighted by atomic mass is 9.75. The number of rotatable bonds is 3. The minimum atomic E-state index is 0.209. The van der Waals surface area contributed by atoms with E-state index < -0.39 is 0 Å². The maximum atomic E-state index is 6.34. The summed E-state index contributed by atoms with van der Waals surface area (Å²) in [7, 11) is 2.32. The Labute approximate surface area is 112 Å². The van der Waals surface area contributed by atoms with Crippen LogP contribution in [0.3, 0.4) is 0 Å². The van der Waals surface area contributed by atoms with Crippen molar-refractivity contribution in [1.29, 1.82) is 0 Å². The first kappa shape index (κ1) is 12.9. The number of nitrogens with two attached hydrogens (primary N) is 1. The molecule has 0 amide bonds. The molecule has 0 spiro atoms. The van der Waals surface area contributed by atoms with Crippen LogP contribution in [0.5, 0.6) is 0 Å². The lowest BCUT2D eigenvalue weighted by Gasteiger charge is -2.47. The summed E-state index contributed by atoms with van der Waals surface area (Å²) in [5.74, 6) is 0.924. The standard InChI is InChI=1S/C15H29N3/c1-17-9-2-4-13-12-18(10-5-14(13)17)11-8-15(16)6-3-7-15/h13-14H,2-12,16H2,1H3. The van der Waals surface area contributed by atoms with Crippen LogP contribution in [0, 0.1) is 5.92 Å².